The number of furan rings is 1. The van der Waals surface area contributed by atoms with Crippen LogP contribution in [0.5, 0.6) is 0 Å². The van der Waals surface area contributed by atoms with Crippen molar-refractivity contribution in [2.24, 2.45) is 0 Å². The maximum atomic E-state index is 9.63. The van der Waals surface area contributed by atoms with E-state index in [0.717, 1.165) is 0 Å². The highest BCUT2D eigenvalue weighted by molar-refractivity contribution is 9.10. The van der Waals surface area contributed by atoms with Crippen molar-refractivity contribution in [2.45, 2.75) is 25.0 Å². The molecule has 2 rings (SSSR count). The Morgan fingerprint density at radius 3 is 2.92 bits per heavy atom. The standard InChI is InChI=1S/C9H12BrNO2/c10-9-4-3-8(13-9)7(12)5-11-6-1-2-6/h3-4,6-7,11-12H,1-2,5H2. The second-order valence-electron chi connectivity index (χ2n) is 3.34. The quantitative estimate of drug-likeness (QED) is 0.851. The highest BCUT2D eigenvalue weighted by Gasteiger charge is 2.22. The zero-order valence-corrected chi connectivity index (χ0v) is 8.75. The van der Waals surface area contributed by atoms with E-state index < -0.39 is 6.10 Å². The molecule has 0 spiro atoms. The third-order valence-electron chi connectivity index (χ3n) is 2.10. The second-order valence-corrected chi connectivity index (χ2v) is 4.12. The van der Waals surface area contributed by atoms with Crippen LogP contribution in [0, 0.1) is 0 Å². The molecule has 1 aromatic rings. The van der Waals surface area contributed by atoms with Crippen molar-refractivity contribution in [1.29, 1.82) is 0 Å². The Kier molecular flexibility index (Phi) is 2.71. The molecule has 1 atom stereocenters. The number of aliphatic hydroxyl groups is 1. The van der Waals surface area contributed by atoms with Gasteiger partial charge in [-0.25, -0.2) is 0 Å². The van der Waals surface area contributed by atoms with Crippen LogP contribution in [0.3, 0.4) is 0 Å². The summed E-state index contributed by atoms with van der Waals surface area (Å²) in [7, 11) is 0. The molecule has 1 aliphatic rings. The molecule has 0 aliphatic heterocycles. The normalized spacial score (nSPS) is 18.9. The first kappa shape index (κ1) is 9.24. The molecule has 1 unspecified atom stereocenters. The van der Waals surface area contributed by atoms with Gasteiger partial charge >= 0.3 is 0 Å². The van der Waals surface area contributed by atoms with Crippen LogP contribution in [0.1, 0.15) is 24.7 Å². The molecule has 1 aromatic heterocycles. The van der Waals surface area contributed by atoms with Gasteiger partial charge in [-0.05, 0) is 40.9 Å². The lowest BCUT2D eigenvalue weighted by Gasteiger charge is -2.07. The Labute approximate surface area is 85.3 Å². The van der Waals surface area contributed by atoms with Crippen molar-refractivity contribution in [3.05, 3.63) is 22.6 Å². The summed E-state index contributed by atoms with van der Waals surface area (Å²) < 4.78 is 5.88. The maximum absolute atomic E-state index is 9.63. The van der Waals surface area contributed by atoms with E-state index in [-0.39, 0.29) is 0 Å². The van der Waals surface area contributed by atoms with Crippen LogP contribution in [0.25, 0.3) is 0 Å². The molecule has 1 heterocycles. The summed E-state index contributed by atoms with van der Waals surface area (Å²) in [4.78, 5) is 0. The van der Waals surface area contributed by atoms with Crippen LogP contribution in [0.2, 0.25) is 0 Å². The van der Waals surface area contributed by atoms with Crippen LogP contribution in [0.4, 0.5) is 0 Å². The van der Waals surface area contributed by atoms with E-state index in [1.807, 2.05) is 0 Å². The summed E-state index contributed by atoms with van der Waals surface area (Å²) >= 11 is 3.19. The molecule has 2 N–H and O–H groups in total. The lowest BCUT2D eigenvalue weighted by atomic mass is 10.3. The first-order valence-corrected chi connectivity index (χ1v) is 5.21. The van der Waals surface area contributed by atoms with E-state index in [1.165, 1.54) is 12.8 Å². The average Bonchev–Trinajstić information content (AvgIpc) is 2.84. The number of hydrogen-bond donors (Lipinski definition) is 2. The number of rotatable bonds is 4. The summed E-state index contributed by atoms with van der Waals surface area (Å²) in [5, 5.41) is 12.9. The predicted octanol–water partition coefficient (Wildman–Crippen LogP) is 1.83. The predicted molar refractivity (Wildman–Crippen MR) is 52.4 cm³/mol. The Morgan fingerprint density at radius 1 is 1.62 bits per heavy atom. The van der Waals surface area contributed by atoms with E-state index in [9.17, 15) is 5.11 Å². The van der Waals surface area contributed by atoms with Gasteiger partial charge in [0.05, 0.1) is 0 Å². The van der Waals surface area contributed by atoms with Crippen molar-refractivity contribution in [1.82, 2.24) is 5.32 Å². The Balaban J connectivity index is 1.84. The number of nitrogens with one attached hydrogen (secondary N) is 1. The molecule has 0 radical (unpaired) electrons. The smallest absolute Gasteiger partial charge is 0.169 e. The fourth-order valence-electron chi connectivity index (χ4n) is 1.17. The largest absolute Gasteiger partial charge is 0.452 e. The molecule has 1 aliphatic carbocycles. The minimum atomic E-state index is -0.535. The molecule has 13 heavy (non-hydrogen) atoms. The van der Waals surface area contributed by atoms with Crippen molar-refractivity contribution in [3.8, 4) is 0 Å². The monoisotopic (exact) mass is 245 g/mol. The van der Waals surface area contributed by atoms with Crippen molar-refractivity contribution in [3.63, 3.8) is 0 Å². The Bertz CT molecular complexity index is 283. The molecule has 72 valence electrons. The molecular weight excluding hydrogens is 234 g/mol. The molecule has 4 heteroatoms. The topological polar surface area (TPSA) is 45.4 Å². The van der Waals surface area contributed by atoms with Crippen molar-refractivity contribution >= 4 is 15.9 Å². The second kappa shape index (κ2) is 3.82. The number of aliphatic hydroxyl groups excluding tert-OH is 1. The van der Waals surface area contributed by atoms with Gasteiger partial charge in [0, 0.05) is 12.6 Å². The first-order valence-electron chi connectivity index (χ1n) is 4.42. The molecule has 0 aromatic carbocycles. The molecule has 0 bridgehead atoms. The van der Waals surface area contributed by atoms with Crippen LogP contribution >= 0.6 is 15.9 Å². The molecule has 3 nitrogen and oxygen atoms in total. The summed E-state index contributed by atoms with van der Waals surface area (Å²) in [6.07, 6.45) is 1.93. The lowest BCUT2D eigenvalue weighted by molar-refractivity contribution is 0.145. The van der Waals surface area contributed by atoms with Crippen molar-refractivity contribution < 1.29 is 9.52 Å². The van der Waals surface area contributed by atoms with E-state index in [4.69, 9.17) is 4.42 Å². The maximum Gasteiger partial charge on any atom is 0.169 e. The molecule has 1 fully saturated rings. The van der Waals surface area contributed by atoms with E-state index in [1.54, 1.807) is 12.1 Å². The zero-order valence-electron chi connectivity index (χ0n) is 7.16. The van der Waals surface area contributed by atoms with Gasteiger partial charge in [-0.1, -0.05) is 0 Å². The van der Waals surface area contributed by atoms with Gasteiger partial charge in [0.2, 0.25) is 0 Å². The lowest BCUT2D eigenvalue weighted by Crippen LogP contribution is -2.22. The summed E-state index contributed by atoms with van der Waals surface area (Å²) in [6.45, 7) is 0.574. The molecule has 1 saturated carbocycles. The van der Waals surface area contributed by atoms with Crippen LogP contribution in [-0.4, -0.2) is 17.7 Å². The third-order valence-corrected chi connectivity index (χ3v) is 2.53. The van der Waals surface area contributed by atoms with E-state index in [2.05, 4.69) is 21.2 Å². The van der Waals surface area contributed by atoms with Gasteiger partial charge in [-0.2, -0.15) is 0 Å². The molecular formula is C9H12BrNO2. The molecule has 0 amide bonds. The molecule has 0 saturated heterocycles. The average molecular weight is 246 g/mol. The number of halogens is 1. The van der Waals surface area contributed by atoms with Gasteiger partial charge in [0.1, 0.15) is 11.9 Å². The highest BCUT2D eigenvalue weighted by atomic mass is 79.9. The van der Waals surface area contributed by atoms with Crippen LogP contribution < -0.4 is 5.32 Å². The van der Waals surface area contributed by atoms with E-state index in [0.29, 0.717) is 23.0 Å². The Morgan fingerprint density at radius 2 is 2.38 bits per heavy atom. The Hall–Kier alpha value is -0.320. The summed E-state index contributed by atoms with van der Waals surface area (Å²) in [6, 6.07) is 4.19. The summed E-state index contributed by atoms with van der Waals surface area (Å²) in [5.74, 6) is 0.611. The third kappa shape index (κ3) is 2.56. The SMILES string of the molecule is OC(CNC1CC1)c1ccc(Br)o1. The van der Waals surface area contributed by atoms with E-state index >= 15 is 0 Å². The van der Waals surface area contributed by atoms with Gasteiger partial charge < -0.3 is 14.8 Å². The van der Waals surface area contributed by atoms with Crippen LogP contribution in [0.15, 0.2) is 21.2 Å². The summed E-state index contributed by atoms with van der Waals surface area (Å²) in [5.41, 5.74) is 0. The van der Waals surface area contributed by atoms with Gasteiger partial charge in [-0.3, -0.25) is 0 Å². The van der Waals surface area contributed by atoms with Gasteiger partial charge in [0.25, 0.3) is 0 Å². The van der Waals surface area contributed by atoms with Crippen LogP contribution in [-0.2, 0) is 0 Å². The van der Waals surface area contributed by atoms with Crippen molar-refractivity contribution in [2.75, 3.05) is 6.54 Å². The fraction of sp³-hybridized carbons (Fsp3) is 0.556. The number of hydrogen-bond acceptors (Lipinski definition) is 3. The first-order chi connectivity index (χ1) is 6.25. The fourth-order valence-corrected chi connectivity index (χ4v) is 1.49. The zero-order chi connectivity index (χ0) is 9.26. The highest BCUT2D eigenvalue weighted by Crippen LogP contribution is 2.22. The van der Waals surface area contributed by atoms with Gasteiger partial charge in [-0.15, -0.1) is 0 Å². The van der Waals surface area contributed by atoms with Gasteiger partial charge in [0.15, 0.2) is 4.67 Å². The minimum Gasteiger partial charge on any atom is -0.452 e. The minimum absolute atomic E-state index is 0.535.